The molecule has 3 rings (SSSR count). The number of aryl methyl sites for hydroxylation is 1. The molecule has 33 heavy (non-hydrogen) atoms. The van der Waals surface area contributed by atoms with Gasteiger partial charge in [0.15, 0.2) is 11.4 Å². The van der Waals surface area contributed by atoms with Gasteiger partial charge in [-0.05, 0) is 56.4 Å². The Kier molecular flexibility index (Phi) is 7.25. The van der Waals surface area contributed by atoms with Crippen molar-refractivity contribution in [2.45, 2.75) is 66.8 Å². The van der Waals surface area contributed by atoms with E-state index in [0.717, 1.165) is 23.1 Å². The maximum absolute atomic E-state index is 13.4. The monoisotopic (exact) mass is 453 g/mol. The number of carbonyl (C=O) groups is 1. The van der Waals surface area contributed by atoms with Crippen LogP contribution < -0.4 is 15.1 Å². The van der Waals surface area contributed by atoms with Gasteiger partial charge in [-0.1, -0.05) is 27.7 Å². The molecule has 0 saturated heterocycles. The Morgan fingerprint density at radius 1 is 1.06 bits per heavy atom. The van der Waals surface area contributed by atoms with Crippen LogP contribution in [0.1, 0.15) is 68.1 Å². The second-order valence-corrected chi connectivity index (χ2v) is 9.17. The van der Waals surface area contributed by atoms with E-state index < -0.39 is 0 Å². The molecule has 0 fully saturated rings. The zero-order valence-corrected chi connectivity index (χ0v) is 21.0. The van der Waals surface area contributed by atoms with Crippen LogP contribution >= 0.6 is 0 Å². The van der Waals surface area contributed by atoms with Crippen LogP contribution in [-0.4, -0.2) is 45.4 Å². The number of hydrogen-bond acceptors (Lipinski definition) is 6. The lowest BCUT2D eigenvalue weighted by Crippen LogP contribution is -2.28. The lowest BCUT2D eigenvalue weighted by Gasteiger charge is -2.21. The van der Waals surface area contributed by atoms with Crippen molar-refractivity contribution in [3.05, 3.63) is 46.1 Å². The Morgan fingerprint density at radius 2 is 1.79 bits per heavy atom. The van der Waals surface area contributed by atoms with E-state index in [4.69, 9.17) is 9.47 Å². The van der Waals surface area contributed by atoms with Gasteiger partial charge < -0.3 is 9.47 Å². The van der Waals surface area contributed by atoms with Crippen molar-refractivity contribution in [1.29, 1.82) is 0 Å². The minimum Gasteiger partial charge on any atom is -0.494 e. The van der Waals surface area contributed by atoms with Crippen molar-refractivity contribution < 1.29 is 14.3 Å². The Labute approximate surface area is 195 Å². The molecule has 0 saturated carbocycles. The number of Topliss-reactive ketones (excluding diaryl/α,β-unsaturated/α-hetero) is 1. The number of benzene rings is 1. The number of ether oxygens (including phenoxy) is 2. The number of fused-ring (bicyclic) bond motifs is 1. The normalized spacial score (nSPS) is 12.4. The van der Waals surface area contributed by atoms with Crippen LogP contribution in [0, 0.1) is 13.8 Å². The van der Waals surface area contributed by atoms with Crippen molar-refractivity contribution in [2.24, 2.45) is 4.99 Å². The fourth-order valence-electron chi connectivity index (χ4n) is 3.54. The zero-order valence-electron chi connectivity index (χ0n) is 21.0. The van der Waals surface area contributed by atoms with Gasteiger partial charge >= 0.3 is 0 Å². The standard InChI is InChI=1S/C25H35N5O3/c1-9-11-33-20-13-18(12-19(14-20)25(5,6)7)21(31)15-29-24(26-8)30-22(27-29)16(3)17(4)23(28-30)32-10-2/h12-14H,9-11,15H2,1-8H3. The molecule has 0 spiro atoms. The molecule has 3 aromatic rings. The third kappa shape index (κ3) is 5.10. The molecule has 178 valence electrons. The van der Waals surface area contributed by atoms with Gasteiger partial charge in [0.1, 0.15) is 12.3 Å². The number of ketones is 1. The van der Waals surface area contributed by atoms with Crippen molar-refractivity contribution in [2.75, 3.05) is 20.3 Å². The summed E-state index contributed by atoms with van der Waals surface area (Å²) in [6.07, 6.45) is 0.900. The molecule has 8 heteroatoms. The first-order chi connectivity index (χ1) is 15.6. The summed E-state index contributed by atoms with van der Waals surface area (Å²) >= 11 is 0. The van der Waals surface area contributed by atoms with Crippen molar-refractivity contribution in [3.8, 4) is 11.6 Å². The minimum atomic E-state index is -0.116. The molecule has 0 aliphatic heterocycles. The summed E-state index contributed by atoms with van der Waals surface area (Å²) in [5, 5.41) is 9.25. The van der Waals surface area contributed by atoms with Crippen molar-refractivity contribution in [3.63, 3.8) is 0 Å². The van der Waals surface area contributed by atoms with Crippen molar-refractivity contribution >= 4 is 11.4 Å². The van der Waals surface area contributed by atoms with Gasteiger partial charge in [-0.25, -0.2) is 4.68 Å². The van der Waals surface area contributed by atoms with E-state index in [9.17, 15) is 4.79 Å². The first-order valence-electron chi connectivity index (χ1n) is 11.4. The number of nitrogens with zero attached hydrogens (tertiary/aromatic N) is 5. The molecule has 0 bridgehead atoms. The summed E-state index contributed by atoms with van der Waals surface area (Å²) < 4.78 is 14.8. The van der Waals surface area contributed by atoms with Gasteiger partial charge in [-0.3, -0.25) is 9.79 Å². The highest BCUT2D eigenvalue weighted by Gasteiger charge is 2.20. The predicted octanol–water partition coefficient (Wildman–Crippen LogP) is 4.05. The minimum absolute atomic E-state index is 0.0410. The molecule has 0 aliphatic rings. The molecule has 2 heterocycles. The van der Waals surface area contributed by atoms with Crippen LogP contribution in [-0.2, 0) is 12.0 Å². The smallest absolute Gasteiger partial charge is 0.245 e. The zero-order chi connectivity index (χ0) is 24.3. The van der Waals surface area contributed by atoms with E-state index in [-0.39, 0.29) is 17.7 Å². The lowest BCUT2D eigenvalue weighted by atomic mass is 9.85. The number of hydrogen-bond donors (Lipinski definition) is 0. The van der Waals surface area contributed by atoms with Crippen LogP contribution in [0.15, 0.2) is 23.2 Å². The van der Waals surface area contributed by atoms with Crippen LogP contribution in [0.5, 0.6) is 11.6 Å². The highest BCUT2D eigenvalue weighted by molar-refractivity contribution is 5.96. The van der Waals surface area contributed by atoms with E-state index in [1.807, 2.05) is 39.0 Å². The van der Waals surface area contributed by atoms with E-state index in [1.54, 1.807) is 16.2 Å². The Balaban J connectivity index is 2.05. The van der Waals surface area contributed by atoms with Crippen LogP contribution in [0.4, 0.5) is 0 Å². The van der Waals surface area contributed by atoms with E-state index in [1.165, 1.54) is 0 Å². The van der Waals surface area contributed by atoms with E-state index in [2.05, 4.69) is 42.9 Å². The maximum atomic E-state index is 13.4. The Morgan fingerprint density at radius 3 is 2.39 bits per heavy atom. The summed E-state index contributed by atoms with van der Waals surface area (Å²) in [6, 6.07) is 5.77. The Hall–Kier alpha value is -3.16. The largest absolute Gasteiger partial charge is 0.494 e. The molecule has 0 amide bonds. The number of aromatic nitrogens is 4. The fourth-order valence-corrected chi connectivity index (χ4v) is 3.54. The summed E-state index contributed by atoms with van der Waals surface area (Å²) in [7, 11) is 1.67. The molecule has 0 aliphatic carbocycles. The molecular formula is C25H35N5O3. The highest BCUT2D eigenvalue weighted by atomic mass is 16.5. The number of carbonyl (C=O) groups excluding carboxylic acids is 1. The maximum Gasteiger partial charge on any atom is 0.245 e. The average molecular weight is 454 g/mol. The van der Waals surface area contributed by atoms with Crippen LogP contribution in [0.2, 0.25) is 0 Å². The average Bonchev–Trinajstić information content (AvgIpc) is 3.12. The first-order valence-corrected chi connectivity index (χ1v) is 11.4. The predicted molar refractivity (Wildman–Crippen MR) is 128 cm³/mol. The lowest BCUT2D eigenvalue weighted by molar-refractivity contribution is 0.0965. The molecule has 0 N–H and O–H groups in total. The molecule has 2 aromatic heterocycles. The van der Waals surface area contributed by atoms with E-state index in [0.29, 0.717) is 41.7 Å². The summed E-state index contributed by atoms with van der Waals surface area (Å²) in [4.78, 5) is 17.7. The SMILES string of the molecule is CCCOc1cc(C(=O)Cn2nc3c(C)c(C)c(OCC)nn3c2=NC)cc(C(C)(C)C)c1. The van der Waals surface area contributed by atoms with Gasteiger partial charge in [0.2, 0.25) is 11.5 Å². The van der Waals surface area contributed by atoms with Gasteiger partial charge in [-0.2, -0.15) is 4.52 Å². The molecule has 0 radical (unpaired) electrons. The van der Waals surface area contributed by atoms with E-state index >= 15 is 0 Å². The van der Waals surface area contributed by atoms with Gasteiger partial charge in [0.25, 0.3) is 0 Å². The van der Waals surface area contributed by atoms with Gasteiger partial charge in [-0.15, -0.1) is 10.2 Å². The molecule has 0 unspecified atom stereocenters. The molecule has 1 aromatic carbocycles. The second-order valence-electron chi connectivity index (χ2n) is 9.17. The van der Waals surface area contributed by atoms with Gasteiger partial charge in [0, 0.05) is 23.7 Å². The fraction of sp³-hybridized carbons (Fsp3) is 0.520. The second kappa shape index (κ2) is 9.77. The first kappa shape index (κ1) is 24.5. The molecule has 0 atom stereocenters. The number of rotatable bonds is 8. The quantitative estimate of drug-likeness (QED) is 0.481. The summed E-state index contributed by atoms with van der Waals surface area (Å²) in [5.41, 5.74) is 4.53. The summed E-state index contributed by atoms with van der Waals surface area (Å²) in [5.74, 6) is 1.18. The topological polar surface area (TPSA) is 83.0 Å². The third-order valence-electron chi connectivity index (χ3n) is 5.59. The van der Waals surface area contributed by atoms with Crippen LogP contribution in [0.25, 0.3) is 5.65 Å². The molecular weight excluding hydrogens is 418 g/mol. The highest BCUT2D eigenvalue weighted by Crippen LogP contribution is 2.28. The Bertz CT molecular complexity index is 1230. The van der Waals surface area contributed by atoms with Crippen LogP contribution in [0.3, 0.4) is 0 Å². The van der Waals surface area contributed by atoms with Crippen molar-refractivity contribution in [1.82, 2.24) is 19.4 Å². The molecule has 8 nitrogen and oxygen atoms in total. The third-order valence-corrected chi connectivity index (χ3v) is 5.59. The van der Waals surface area contributed by atoms with Gasteiger partial charge in [0.05, 0.1) is 13.2 Å². The summed E-state index contributed by atoms with van der Waals surface area (Å²) in [6.45, 7) is 15.4.